The lowest BCUT2D eigenvalue weighted by Gasteiger charge is -2.19. The topological polar surface area (TPSA) is 32.3 Å². The molecular weight excluding hydrogens is 275 g/mol. The molecular formula is C13H16F3NOS. The van der Waals surface area contributed by atoms with E-state index >= 15 is 0 Å². The van der Waals surface area contributed by atoms with Crippen molar-refractivity contribution in [2.75, 3.05) is 5.32 Å². The molecule has 0 aliphatic rings. The molecule has 0 bridgehead atoms. The van der Waals surface area contributed by atoms with Crippen LogP contribution in [0.1, 0.15) is 36.1 Å². The molecule has 0 aromatic heterocycles. The predicted octanol–water partition coefficient (Wildman–Crippen LogP) is 4.05. The van der Waals surface area contributed by atoms with Gasteiger partial charge in [0.15, 0.2) is 6.10 Å². The average Bonchev–Trinajstić information content (AvgIpc) is 2.32. The monoisotopic (exact) mass is 291 g/mol. The highest BCUT2D eigenvalue weighted by Crippen LogP contribution is 2.35. The third kappa shape index (κ3) is 3.91. The Morgan fingerprint density at radius 3 is 2.42 bits per heavy atom. The minimum atomic E-state index is -4.68. The molecule has 1 aromatic rings. The Balaban J connectivity index is 3.20. The molecule has 0 amide bonds. The Bertz CT molecular complexity index is 486. The summed E-state index contributed by atoms with van der Waals surface area (Å²) >= 11 is 5.03. The first-order valence-corrected chi connectivity index (χ1v) is 6.23. The Morgan fingerprint density at radius 2 is 1.95 bits per heavy atom. The number of rotatable bonds is 3. The highest BCUT2D eigenvalue weighted by atomic mass is 32.1. The summed E-state index contributed by atoms with van der Waals surface area (Å²) in [6.45, 7) is 5.34. The number of alkyl halides is 3. The molecule has 0 radical (unpaired) electrons. The summed E-state index contributed by atoms with van der Waals surface area (Å²) in [5.41, 5.74) is 1.80. The van der Waals surface area contributed by atoms with Gasteiger partial charge in [0, 0.05) is 5.69 Å². The van der Waals surface area contributed by atoms with E-state index in [0.29, 0.717) is 22.7 Å². The molecule has 0 heterocycles. The number of aliphatic hydroxyl groups excluding tert-OH is 1. The normalized spacial score (nSPS) is 13.2. The van der Waals surface area contributed by atoms with Crippen LogP contribution in [0, 0.1) is 13.8 Å². The van der Waals surface area contributed by atoms with Crippen LogP contribution in [0.4, 0.5) is 18.9 Å². The molecule has 0 saturated heterocycles. The van der Waals surface area contributed by atoms with E-state index < -0.39 is 12.3 Å². The Hall–Kier alpha value is -1.14. The Labute approximate surface area is 115 Å². The van der Waals surface area contributed by atoms with Crippen molar-refractivity contribution in [3.8, 4) is 0 Å². The largest absolute Gasteiger partial charge is 0.418 e. The number of halogens is 3. The maximum absolute atomic E-state index is 12.5. The number of nitrogens with one attached hydrogen (secondary N) is 1. The van der Waals surface area contributed by atoms with E-state index in [4.69, 9.17) is 12.2 Å². The number of anilines is 1. The molecule has 2 nitrogen and oxygen atoms in total. The fraction of sp³-hybridized carbons (Fsp3) is 0.462. The summed E-state index contributed by atoms with van der Waals surface area (Å²) in [5, 5.41) is 12.2. The molecule has 106 valence electrons. The Kier molecular flexibility index (Phi) is 4.92. The highest BCUT2D eigenvalue weighted by Gasteiger charge is 2.39. The van der Waals surface area contributed by atoms with E-state index in [2.05, 4.69) is 5.32 Å². The van der Waals surface area contributed by atoms with Crippen molar-refractivity contribution in [3.05, 3.63) is 28.8 Å². The average molecular weight is 291 g/mol. The van der Waals surface area contributed by atoms with Crippen LogP contribution in [0.3, 0.4) is 0 Å². The molecule has 0 spiro atoms. The molecule has 0 fully saturated rings. The van der Waals surface area contributed by atoms with Gasteiger partial charge in [-0.1, -0.05) is 25.2 Å². The number of thiocarbonyl (C=S) groups is 1. The molecule has 6 heteroatoms. The number of hydrogen-bond acceptors (Lipinski definition) is 2. The van der Waals surface area contributed by atoms with Crippen molar-refractivity contribution in [2.45, 2.75) is 39.5 Å². The van der Waals surface area contributed by atoms with E-state index in [1.54, 1.807) is 13.8 Å². The molecule has 1 atom stereocenters. The lowest BCUT2D eigenvalue weighted by Crippen LogP contribution is -2.21. The Morgan fingerprint density at radius 1 is 1.37 bits per heavy atom. The number of aliphatic hydroxyl groups is 1. The summed E-state index contributed by atoms with van der Waals surface area (Å²) in [5.74, 6) is 0. The second-order valence-corrected chi connectivity index (χ2v) is 4.85. The van der Waals surface area contributed by atoms with Crippen LogP contribution in [0.15, 0.2) is 12.1 Å². The molecule has 1 rings (SSSR count). The highest BCUT2D eigenvalue weighted by molar-refractivity contribution is 7.80. The number of benzene rings is 1. The minimum absolute atomic E-state index is 0.183. The van der Waals surface area contributed by atoms with Gasteiger partial charge in [-0.25, -0.2) is 0 Å². The molecule has 0 saturated carbocycles. The van der Waals surface area contributed by atoms with E-state index in [9.17, 15) is 18.3 Å². The molecule has 1 unspecified atom stereocenters. The molecule has 1 aromatic carbocycles. The summed E-state index contributed by atoms with van der Waals surface area (Å²) < 4.78 is 37.6. The van der Waals surface area contributed by atoms with Crippen LogP contribution in [0.25, 0.3) is 0 Å². The molecule has 0 aliphatic carbocycles. The van der Waals surface area contributed by atoms with Gasteiger partial charge in [0.05, 0.1) is 4.99 Å². The molecule has 0 aliphatic heterocycles. The van der Waals surface area contributed by atoms with Gasteiger partial charge in [-0.15, -0.1) is 0 Å². The molecule has 19 heavy (non-hydrogen) atoms. The van der Waals surface area contributed by atoms with Crippen molar-refractivity contribution >= 4 is 22.9 Å². The zero-order valence-electron chi connectivity index (χ0n) is 10.9. The number of hydrogen-bond donors (Lipinski definition) is 2. The maximum atomic E-state index is 12.5. The van der Waals surface area contributed by atoms with Crippen LogP contribution in [-0.4, -0.2) is 16.3 Å². The van der Waals surface area contributed by atoms with E-state index in [1.165, 1.54) is 12.1 Å². The van der Waals surface area contributed by atoms with Gasteiger partial charge in [-0.2, -0.15) is 13.2 Å². The van der Waals surface area contributed by atoms with Gasteiger partial charge in [0.1, 0.15) is 0 Å². The predicted molar refractivity (Wildman–Crippen MR) is 73.4 cm³/mol. The van der Waals surface area contributed by atoms with Gasteiger partial charge in [0.2, 0.25) is 0 Å². The summed E-state index contributed by atoms with van der Waals surface area (Å²) in [6, 6.07) is 2.64. The van der Waals surface area contributed by atoms with Gasteiger partial charge in [-0.05, 0) is 43.0 Å². The quantitative estimate of drug-likeness (QED) is 0.824. The smallest absolute Gasteiger partial charge is 0.379 e. The van der Waals surface area contributed by atoms with Crippen molar-refractivity contribution in [1.82, 2.24) is 0 Å². The van der Waals surface area contributed by atoms with Crippen molar-refractivity contribution < 1.29 is 18.3 Å². The van der Waals surface area contributed by atoms with E-state index in [1.807, 2.05) is 6.92 Å². The lowest BCUT2D eigenvalue weighted by atomic mass is 10.00. The molecule has 2 N–H and O–H groups in total. The van der Waals surface area contributed by atoms with Crippen LogP contribution < -0.4 is 5.32 Å². The van der Waals surface area contributed by atoms with Gasteiger partial charge in [-0.3, -0.25) is 0 Å². The summed E-state index contributed by atoms with van der Waals surface area (Å²) in [4.78, 5) is 0.543. The second kappa shape index (κ2) is 5.88. The van der Waals surface area contributed by atoms with Crippen molar-refractivity contribution in [3.63, 3.8) is 0 Å². The first-order valence-electron chi connectivity index (χ1n) is 5.82. The van der Waals surface area contributed by atoms with Crippen LogP contribution in [0.5, 0.6) is 0 Å². The third-order valence-corrected chi connectivity index (χ3v) is 3.30. The van der Waals surface area contributed by atoms with E-state index in [-0.39, 0.29) is 5.56 Å². The van der Waals surface area contributed by atoms with Crippen LogP contribution in [0.2, 0.25) is 0 Å². The zero-order chi connectivity index (χ0) is 14.8. The number of aryl methyl sites for hydroxylation is 1. The third-order valence-electron chi connectivity index (χ3n) is 2.91. The van der Waals surface area contributed by atoms with Crippen LogP contribution in [-0.2, 0) is 0 Å². The minimum Gasteiger partial charge on any atom is -0.379 e. The second-order valence-electron chi connectivity index (χ2n) is 4.36. The van der Waals surface area contributed by atoms with Gasteiger partial charge in [0.25, 0.3) is 0 Å². The standard InChI is InChI=1S/C13H16F3NOS/c1-4-11(19)17-10-6-9(5-7(2)8(10)3)12(18)13(14,15)16/h5-6,12,18H,4H2,1-3H3,(H,17,19). The SMILES string of the molecule is CCC(=S)Nc1cc(C(O)C(F)(F)F)cc(C)c1C. The summed E-state index contributed by atoms with van der Waals surface area (Å²) in [7, 11) is 0. The lowest BCUT2D eigenvalue weighted by molar-refractivity contribution is -0.206. The van der Waals surface area contributed by atoms with E-state index in [0.717, 1.165) is 5.56 Å². The van der Waals surface area contributed by atoms with Gasteiger partial charge >= 0.3 is 6.18 Å². The fourth-order valence-corrected chi connectivity index (χ4v) is 1.71. The summed E-state index contributed by atoms with van der Waals surface area (Å²) in [6.07, 6.45) is -6.56. The zero-order valence-corrected chi connectivity index (χ0v) is 11.7. The fourth-order valence-electron chi connectivity index (χ4n) is 1.60. The van der Waals surface area contributed by atoms with Crippen molar-refractivity contribution in [1.29, 1.82) is 0 Å². The van der Waals surface area contributed by atoms with Crippen molar-refractivity contribution in [2.24, 2.45) is 0 Å². The van der Waals surface area contributed by atoms with Gasteiger partial charge < -0.3 is 10.4 Å². The first-order chi connectivity index (χ1) is 8.66. The van der Waals surface area contributed by atoms with Crippen LogP contribution >= 0.6 is 12.2 Å². The first kappa shape index (κ1) is 15.9. The maximum Gasteiger partial charge on any atom is 0.418 e.